The SMILES string of the molecule is CC/C=C\C/C=C\C/C=C\C/C=C\CCCCCCC(=O)OCC(COP(=O)(O)OCC(O)COP(=O)(O)OCC(COC(=O)CCCCCCCC/C=C\C/C=C\C/C=C\CCCCC)OC(=O)CCCC/C=C\C/C=C\C/C=C\C/C=C\CC)OC(=O)CCCCCCC/C=C\CCCCCCCC. The van der Waals surface area contributed by atoms with E-state index in [1.165, 1.54) is 57.8 Å². The van der Waals surface area contributed by atoms with E-state index in [4.69, 9.17) is 37.0 Å². The van der Waals surface area contributed by atoms with E-state index in [1.807, 2.05) is 0 Å². The molecular formula is C87H146O17P2. The summed E-state index contributed by atoms with van der Waals surface area (Å²) in [5, 5.41) is 10.7. The second-order valence-corrected chi connectivity index (χ2v) is 29.8. The van der Waals surface area contributed by atoms with Crippen molar-refractivity contribution in [3.63, 3.8) is 0 Å². The molecule has 17 nitrogen and oxygen atoms in total. The third kappa shape index (κ3) is 77.1. The quantitative estimate of drug-likeness (QED) is 0.0169. The Bertz CT molecular complexity index is 2580. The number of phosphoric acid groups is 2. The molecule has 0 radical (unpaired) electrons. The van der Waals surface area contributed by atoms with Crippen molar-refractivity contribution in [3.8, 4) is 0 Å². The van der Waals surface area contributed by atoms with Gasteiger partial charge in [0.25, 0.3) is 0 Å². The lowest BCUT2D eigenvalue weighted by atomic mass is 10.1. The van der Waals surface area contributed by atoms with Gasteiger partial charge in [-0.05, 0) is 167 Å². The zero-order chi connectivity index (χ0) is 77.4. The van der Waals surface area contributed by atoms with E-state index in [0.29, 0.717) is 32.1 Å². The van der Waals surface area contributed by atoms with Crippen molar-refractivity contribution in [1.82, 2.24) is 0 Å². The van der Waals surface area contributed by atoms with Crippen LogP contribution in [0.1, 0.15) is 323 Å². The van der Waals surface area contributed by atoms with E-state index >= 15 is 0 Å². The molecule has 5 atom stereocenters. The van der Waals surface area contributed by atoms with Gasteiger partial charge >= 0.3 is 39.5 Å². The zero-order valence-electron chi connectivity index (χ0n) is 66.3. The summed E-state index contributed by atoms with van der Waals surface area (Å²) in [7, 11) is -9.99. The Labute approximate surface area is 643 Å². The fourth-order valence-electron chi connectivity index (χ4n) is 10.6. The molecule has 0 aromatic heterocycles. The number of phosphoric ester groups is 2. The van der Waals surface area contributed by atoms with Gasteiger partial charge in [-0.2, -0.15) is 0 Å². The number of rotatable bonds is 76. The summed E-state index contributed by atoms with van der Waals surface area (Å²) in [5.74, 6) is -2.27. The molecule has 5 unspecified atom stereocenters. The van der Waals surface area contributed by atoms with E-state index in [1.54, 1.807) is 0 Å². The van der Waals surface area contributed by atoms with Gasteiger partial charge in [-0.1, -0.05) is 276 Å². The molecule has 606 valence electrons. The van der Waals surface area contributed by atoms with Crippen molar-refractivity contribution in [2.75, 3.05) is 39.6 Å². The number of hydrogen-bond acceptors (Lipinski definition) is 15. The van der Waals surface area contributed by atoms with Crippen LogP contribution >= 0.6 is 15.6 Å². The van der Waals surface area contributed by atoms with Crippen LogP contribution in [0.15, 0.2) is 146 Å². The van der Waals surface area contributed by atoms with Crippen molar-refractivity contribution in [1.29, 1.82) is 0 Å². The Morgan fingerprint density at radius 3 is 0.802 bits per heavy atom. The number of allylic oxidation sites excluding steroid dienone is 24. The molecule has 19 heteroatoms. The number of hydrogen-bond donors (Lipinski definition) is 3. The minimum atomic E-state index is -5.00. The van der Waals surface area contributed by atoms with Crippen LogP contribution in [0.2, 0.25) is 0 Å². The van der Waals surface area contributed by atoms with E-state index in [-0.39, 0.29) is 25.7 Å². The molecule has 0 aliphatic carbocycles. The van der Waals surface area contributed by atoms with Gasteiger partial charge < -0.3 is 33.8 Å². The molecule has 0 aromatic carbocycles. The largest absolute Gasteiger partial charge is 0.472 e. The highest BCUT2D eigenvalue weighted by Crippen LogP contribution is 2.45. The number of carbonyl (C=O) groups is 4. The third-order valence-electron chi connectivity index (χ3n) is 16.8. The van der Waals surface area contributed by atoms with Crippen LogP contribution in [0, 0.1) is 0 Å². The van der Waals surface area contributed by atoms with E-state index in [2.05, 4.69) is 174 Å². The minimum absolute atomic E-state index is 0.0353. The Kier molecular flexibility index (Phi) is 74.3. The first-order chi connectivity index (χ1) is 51.7. The molecule has 0 amide bonds. The molecule has 0 saturated carbocycles. The highest BCUT2D eigenvalue weighted by molar-refractivity contribution is 7.47. The van der Waals surface area contributed by atoms with Crippen LogP contribution in [-0.2, 0) is 65.4 Å². The maximum absolute atomic E-state index is 13.1. The number of aliphatic hydroxyl groups is 1. The third-order valence-corrected chi connectivity index (χ3v) is 18.7. The molecule has 0 aromatic rings. The normalized spacial score (nSPS) is 14.6. The molecular weight excluding hydrogens is 1380 g/mol. The van der Waals surface area contributed by atoms with Crippen LogP contribution in [-0.4, -0.2) is 96.7 Å². The Balaban J connectivity index is 5.44. The Morgan fingerprint density at radius 1 is 0.274 bits per heavy atom. The lowest BCUT2D eigenvalue weighted by Gasteiger charge is -2.21. The lowest BCUT2D eigenvalue weighted by molar-refractivity contribution is -0.161. The summed E-state index contributed by atoms with van der Waals surface area (Å²) < 4.78 is 68.6. The maximum Gasteiger partial charge on any atom is 0.472 e. The Morgan fingerprint density at radius 2 is 0.491 bits per heavy atom. The lowest BCUT2D eigenvalue weighted by Crippen LogP contribution is -2.30. The number of esters is 4. The van der Waals surface area contributed by atoms with Crippen LogP contribution in [0.25, 0.3) is 0 Å². The summed E-state index contributed by atoms with van der Waals surface area (Å²) >= 11 is 0. The topological polar surface area (TPSA) is 237 Å². The molecule has 0 heterocycles. The van der Waals surface area contributed by atoms with E-state index in [0.717, 1.165) is 180 Å². The second-order valence-electron chi connectivity index (χ2n) is 26.9. The standard InChI is InChI=1S/C87H146O17P2/c1-5-9-13-17-21-25-29-33-37-39-40-42-46-48-52-56-60-64-68-72-85(90)98-78-83(104-87(92)74-70-66-62-58-54-50-44-36-32-28-24-20-16-12-8-4)80-102-106(95,96)100-76-81(88)75-99-105(93,94)101-79-82(103-86(91)73-69-65-61-57-53-49-43-35-31-27-23-19-15-11-7-3)77-97-84(89)71-67-63-59-55-51-47-45-41-38-34-30-26-22-18-14-10-6-2/h10,12,14,16,21-22,24-26,28,33-38,40,42-45,47,54,58,81-83,88H,5-9,11,13,15,17-20,23,27,29-32,39,41,46,48-53,55-57,59-80H2,1-4H3,(H,93,94)(H,95,96)/b14-10-,16-12-,25-21-,26-22-,28-24-,37-33-,38-34-,42-40-,43-35-,44-36-,47-45-,58-54-. The molecule has 0 fully saturated rings. The smallest absolute Gasteiger partial charge is 0.462 e. The van der Waals surface area contributed by atoms with Crippen molar-refractivity contribution < 1.29 is 80.2 Å². The first-order valence-corrected chi connectivity index (χ1v) is 44.1. The van der Waals surface area contributed by atoms with Gasteiger partial charge in [-0.25, -0.2) is 9.13 Å². The molecule has 0 spiro atoms. The Hall–Kier alpha value is -5.06. The van der Waals surface area contributed by atoms with Gasteiger partial charge in [-0.3, -0.25) is 37.3 Å². The summed E-state index contributed by atoms with van der Waals surface area (Å²) in [5.41, 5.74) is 0. The van der Waals surface area contributed by atoms with Crippen LogP contribution in [0.5, 0.6) is 0 Å². The summed E-state index contributed by atoms with van der Waals surface area (Å²) in [6, 6.07) is 0. The number of ether oxygens (including phenoxy) is 4. The van der Waals surface area contributed by atoms with Crippen molar-refractivity contribution in [2.24, 2.45) is 0 Å². The monoisotopic (exact) mass is 1530 g/mol. The average molecular weight is 1530 g/mol. The maximum atomic E-state index is 13.1. The number of unbranched alkanes of at least 4 members (excludes halogenated alkanes) is 26. The summed E-state index contributed by atoms with van der Waals surface area (Å²) in [6.45, 7) is 4.53. The fourth-order valence-corrected chi connectivity index (χ4v) is 12.1. The van der Waals surface area contributed by atoms with Gasteiger partial charge in [0.15, 0.2) is 12.2 Å². The first kappa shape index (κ1) is 101. The molecule has 0 aliphatic heterocycles. The van der Waals surface area contributed by atoms with Crippen LogP contribution in [0.4, 0.5) is 0 Å². The molecule has 0 saturated heterocycles. The van der Waals surface area contributed by atoms with Gasteiger partial charge in [0, 0.05) is 25.7 Å². The van der Waals surface area contributed by atoms with Crippen molar-refractivity contribution >= 4 is 39.5 Å². The number of aliphatic hydroxyl groups excluding tert-OH is 1. The first-order valence-electron chi connectivity index (χ1n) is 41.1. The molecule has 106 heavy (non-hydrogen) atoms. The summed E-state index contributed by atoms with van der Waals surface area (Å²) in [4.78, 5) is 73.1. The van der Waals surface area contributed by atoms with Crippen molar-refractivity contribution in [2.45, 2.75) is 341 Å². The van der Waals surface area contributed by atoms with Crippen LogP contribution in [0.3, 0.4) is 0 Å². The highest BCUT2D eigenvalue weighted by Gasteiger charge is 2.30. The van der Waals surface area contributed by atoms with Crippen molar-refractivity contribution in [3.05, 3.63) is 146 Å². The van der Waals surface area contributed by atoms with Gasteiger partial charge in [0.05, 0.1) is 26.4 Å². The molecule has 0 bridgehead atoms. The molecule has 0 rings (SSSR count). The zero-order valence-corrected chi connectivity index (χ0v) is 68.1. The highest BCUT2D eigenvalue weighted by atomic mass is 31.2. The fraction of sp³-hybridized carbons (Fsp3) is 0.678. The predicted octanol–water partition coefficient (Wildman–Crippen LogP) is 24.2. The van der Waals surface area contributed by atoms with Crippen LogP contribution < -0.4 is 0 Å². The van der Waals surface area contributed by atoms with Gasteiger partial charge in [-0.15, -0.1) is 0 Å². The minimum Gasteiger partial charge on any atom is -0.462 e. The predicted molar refractivity (Wildman–Crippen MR) is 436 cm³/mol. The average Bonchev–Trinajstić information content (AvgIpc) is 0.928. The molecule has 3 N–H and O–H groups in total. The molecule has 0 aliphatic rings. The van der Waals surface area contributed by atoms with E-state index < -0.39 is 97.5 Å². The van der Waals surface area contributed by atoms with Gasteiger partial charge in [0.1, 0.15) is 19.3 Å². The second kappa shape index (κ2) is 78.1. The van der Waals surface area contributed by atoms with Gasteiger partial charge in [0.2, 0.25) is 0 Å². The number of carbonyl (C=O) groups excluding carboxylic acids is 4. The van der Waals surface area contributed by atoms with E-state index in [9.17, 15) is 43.2 Å². The summed E-state index contributed by atoms with van der Waals surface area (Å²) in [6.07, 6.45) is 89.6.